The van der Waals surface area contributed by atoms with E-state index in [2.05, 4.69) is 38.3 Å². The monoisotopic (exact) mass is 366 g/mol. The summed E-state index contributed by atoms with van der Waals surface area (Å²) in [7, 11) is 0. The first-order valence-electron chi connectivity index (χ1n) is 9.42. The maximum absolute atomic E-state index is 12.4. The number of rotatable bonds is 6. The van der Waals surface area contributed by atoms with Gasteiger partial charge in [-0.2, -0.15) is 0 Å². The average molecular weight is 367 g/mol. The third kappa shape index (κ3) is 5.95. The maximum Gasteiger partial charge on any atom is 0.251 e. The Kier molecular flexibility index (Phi) is 6.78. The smallest absolute Gasteiger partial charge is 0.251 e. The predicted octanol–water partition coefficient (Wildman–Crippen LogP) is 4.02. The zero-order chi connectivity index (χ0) is 20.0. The van der Waals surface area contributed by atoms with Crippen LogP contribution in [-0.2, 0) is 10.2 Å². The highest BCUT2D eigenvalue weighted by atomic mass is 16.2. The molecule has 2 aromatic rings. The number of hydrogen-bond donors (Lipinski definition) is 2. The fourth-order valence-corrected chi connectivity index (χ4v) is 2.77. The van der Waals surface area contributed by atoms with Crippen LogP contribution in [0, 0.1) is 0 Å². The van der Waals surface area contributed by atoms with E-state index < -0.39 is 6.04 Å². The summed E-state index contributed by atoms with van der Waals surface area (Å²) in [5.74, 6) is -0.213. The second-order valence-electron chi connectivity index (χ2n) is 8.08. The van der Waals surface area contributed by atoms with E-state index in [1.165, 1.54) is 11.1 Å². The molecule has 0 aliphatic rings. The predicted molar refractivity (Wildman–Crippen MR) is 110 cm³/mol. The molecule has 4 nitrogen and oxygen atoms in total. The molecule has 0 bridgehead atoms. The highest BCUT2D eigenvalue weighted by Crippen LogP contribution is 2.22. The Morgan fingerprint density at radius 3 is 2.07 bits per heavy atom. The highest BCUT2D eigenvalue weighted by molar-refractivity contribution is 5.97. The van der Waals surface area contributed by atoms with Gasteiger partial charge in [-0.25, -0.2) is 0 Å². The fourth-order valence-electron chi connectivity index (χ4n) is 2.77. The van der Waals surface area contributed by atoms with Gasteiger partial charge in [-0.15, -0.1) is 0 Å². The van der Waals surface area contributed by atoms with E-state index >= 15 is 0 Å². The van der Waals surface area contributed by atoms with Crippen molar-refractivity contribution >= 4 is 11.8 Å². The molecule has 1 unspecified atom stereocenters. The SMILES string of the molecule is CC(CNC(=O)[C@H](C)NC(=O)c1ccc(C(C)(C)C)cc1)c1ccccc1. The minimum Gasteiger partial charge on any atom is -0.354 e. The summed E-state index contributed by atoms with van der Waals surface area (Å²) in [4.78, 5) is 24.7. The van der Waals surface area contributed by atoms with E-state index in [9.17, 15) is 9.59 Å². The summed E-state index contributed by atoms with van der Waals surface area (Å²) < 4.78 is 0. The molecule has 4 heteroatoms. The van der Waals surface area contributed by atoms with Gasteiger partial charge in [0.05, 0.1) is 0 Å². The summed E-state index contributed by atoms with van der Waals surface area (Å²) in [5, 5.41) is 5.68. The lowest BCUT2D eigenvalue weighted by Gasteiger charge is -2.19. The zero-order valence-electron chi connectivity index (χ0n) is 16.9. The van der Waals surface area contributed by atoms with Gasteiger partial charge in [0.15, 0.2) is 0 Å². The molecule has 2 atom stereocenters. The Bertz CT molecular complexity index is 761. The van der Waals surface area contributed by atoms with Gasteiger partial charge in [0, 0.05) is 12.1 Å². The number of hydrogen-bond acceptors (Lipinski definition) is 2. The van der Waals surface area contributed by atoms with Crippen LogP contribution < -0.4 is 10.6 Å². The fraction of sp³-hybridized carbons (Fsp3) is 0.391. The van der Waals surface area contributed by atoms with Crippen molar-refractivity contribution in [2.24, 2.45) is 0 Å². The van der Waals surface area contributed by atoms with Gasteiger partial charge in [-0.1, -0.05) is 70.2 Å². The molecule has 0 radical (unpaired) electrons. The second kappa shape index (κ2) is 8.85. The molecule has 27 heavy (non-hydrogen) atoms. The van der Waals surface area contributed by atoms with Crippen LogP contribution in [-0.4, -0.2) is 24.4 Å². The largest absolute Gasteiger partial charge is 0.354 e. The van der Waals surface area contributed by atoms with Gasteiger partial charge in [0.25, 0.3) is 5.91 Å². The lowest BCUT2D eigenvalue weighted by atomic mass is 9.86. The van der Waals surface area contributed by atoms with Gasteiger partial charge in [0.1, 0.15) is 6.04 Å². The maximum atomic E-state index is 12.4. The molecule has 0 aromatic heterocycles. The van der Waals surface area contributed by atoms with E-state index in [0.717, 1.165) is 0 Å². The minimum atomic E-state index is -0.595. The van der Waals surface area contributed by atoms with Crippen LogP contribution in [0.5, 0.6) is 0 Å². The Hall–Kier alpha value is -2.62. The normalized spacial score (nSPS) is 13.5. The summed E-state index contributed by atoms with van der Waals surface area (Å²) in [6.45, 7) is 10.7. The molecule has 144 valence electrons. The molecule has 2 rings (SSSR count). The molecular formula is C23H30N2O2. The first-order valence-corrected chi connectivity index (χ1v) is 9.42. The van der Waals surface area contributed by atoms with Gasteiger partial charge in [-0.3, -0.25) is 9.59 Å². The molecule has 0 saturated heterocycles. The Balaban J connectivity index is 1.87. The molecule has 2 aromatic carbocycles. The van der Waals surface area contributed by atoms with Gasteiger partial charge in [-0.05, 0) is 41.5 Å². The molecule has 2 amide bonds. The standard InChI is InChI=1S/C23H30N2O2/c1-16(18-9-7-6-8-10-18)15-24-21(26)17(2)25-22(27)19-11-13-20(14-12-19)23(3,4)5/h6-14,16-17H,15H2,1-5H3,(H,24,26)(H,25,27)/t16?,17-/m0/s1. The second-order valence-corrected chi connectivity index (χ2v) is 8.08. The molecule has 0 fully saturated rings. The lowest BCUT2D eigenvalue weighted by molar-refractivity contribution is -0.122. The zero-order valence-corrected chi connectivity index (χ0v) is 16.9. The van der Waals surface area contributed by atoms with Gasteiger partial charge in [0.2, 0.25) is 5.91 Å². The molecular weight excluding hydrogens is 336 g/mol. The van der Waals surface area contributed by atoms with Gasteiger partial charge >= 0.3 is 0 Å². The molecule has 0 saturated carbocycles. The van der Waals surface area contributed by atoms with E-state index in [4.69, 9.17) is 0 Å². The van der Waals surface area contributed by atoms with Crippen LogP contribution in [0.3, 0.4) is 0 Å². The van der Waals surface area contributed by atoms with Crippen molar-refractivity contribution in [2.45, 2.75) is 52.0 Å². The van der Waals surface area contributed by atoms with E-state index in [-0.39, 0.29) is 23.1 Å². The van der Waals surface area contributed by atoms with E-state index in [1.54, 1.807) is 19.1 Å². The highest BCUT2D eigenvalue weighted by Gasteiger charge is 2.18. The number of amides is 2. The Morgan fingerprint density at radius 2 is 1.52 bits per heavy atom. The van der Waals surface area contributed by atoms with Crippen LogP contribution in [0.25, 0.3) is 0 Å². The van der Waals surface area contributed by atoms with Crippen molar-refractivity contribution in [1.82, 2.24) is 10.6 Å². The summed E-state index contributed by atoms with van der Waals surface area (Å²) in [6.07, 6.45) is 0. The molecule has 0 aliphatic heterocycles. The first-order chi connectivity index (χ1) is 12.7. The first kappa shape index (κ1) is 20.7. The van der Waals surface area contributed by atoms with Crippen LogP contribution in [0.15, 0.2) is 54.6 Å². The molecule has 0 spiro atoms. The van der Waals surface area contributed by atoms with Crippen molar-refractivity contribution in [1.29, 1.82) is 0 Å². The van der Waals surface area contributed by atoms with Crippen LogP contribution in [0.4, 0.5) is 0 Å². The molecule has 2 N–H and O–H groups in total. The van der Waals surface area contributed by atoms with Gasteiger partial charge < -0.3 is 10.6 Å². The topological polar surface area (TPSA) is 58.2 Å². The Labute approximate surface area is 162 Å². The number of carbonyl (C=O) groups excluding carboxylic acids is 2. The summed E-state index contributed by atoms with van der Waals surface area (Å²) >= 11 is 0. The van der Waals surface area contributed by atoms with Crippen molar-refractivity contribution in [3.05, 3.63) is 71.3 Å². The number of benzene rings is 2. The average Bonchev–Trinajstić information content (AvgIpc) is 2.65. The van der Waals surface area contributed by atoms with Crippen molar-refractivity contribution < 1.29 is 9.59 Å². The van der Waals surface area contributed by atoms with Crippen molar-refractivity contribution in [3.8, 4) is 0 Å². The van der Waals surface area contributed by atoms with Crippen LogP contribution >= 0.6 is 0 Å². The third-order valence-electron chi connectivity index (χ3n) is 4.71. The minimum absolute atomic E-state index is 0.0393. The number of carbonyl (C=O) groups is 2. The van der Waals surface area contributed by atoms with Crippen LogP contribution in [0.2, 0.25) is 0 Å². The number of nitrogens with one attached hydrogen (secondary N) is 2. The summed E-state index contributed by atoms with van der Waals surface area (Å²) in [5.41, 5.74) is 2.94. The van der Waals surface area contributed by atoms with Crippen molar-refractivity contribution in [2.75, 3.05) is 6.54 Å². The van der Waals surface area contributed by atoms with Crippen LogP contribution in [0.1, 0.15) is 62.0 Å². The molecule has 0 heterocycles. The summed E-state index contributed by atoms with van der Waals surface area (Å²) in [6, 6.07) is 17.0. The van der Waals surface area contributed by atoms with E-state index in [0.29, 0.717) is 12.1 Å². The Morgan fingerprint density at radius 1 is 0.926 bits per heavy atom. The van der Waals surface area contributed by atoms with E-state index in [1.807, 2.05) is 42.5 Å². The quantitative estimate of drug-likeness (QED) is 0.811. The lowest BCUT2D eigenvalue weighted by Crippen LogP contribution is -2.45. The van der Waals surface area contributed by atoms with Crippen molar-refractivity contribution in [3.63, 3.8) is 0 Å². The molecule has 0 aliphatic carbocycles. The third-order valence-corrected chi connectivity index (χ3v) is 4.71.